The highest BCUT2D eigenvalue weighted by Gasteiger charge is 2.37. The lowest BCUT2D eigenvalue weighted by Crippen LogP contribution is -2.48. The van der Waals surface area contributed by atoms with E-state index in [0.717, 1.165) is 22.6 Å². The number of para-hydroxylation sites is 2. The summed E-state index contributed by atoms with van der Waals surface area (Å²) in [6, 6.07) is 15.5. The Morgan fingerprint density at radius 3 is 1.87 bits per heavy atom. The minimum absolute atomic E-state index is 0.00131. The molecule has 2 fully saturated rings. The van der Waals surface area contributed by atoms with Crippen LogP contribution in [0.2, 0.25) is 0 Å². The summed E-state index contributed by atoms with van der Waals surface area (Å²) in [4.78, 5) is 30.3. The average Bonchev–Trinajstić information content (AvgIpc) is 2.82. The lowest BCUT2D eigenvalue weighted by molar-refractivity contribution is -0.144. The van der Waals surface area contributed by atoms with Crippen molar-refractivity contribution in [1.29, 1.82) is 0 Å². The highest BCUT2D eigenvalue weighted by Crippen LogP contribution is 2.45. The van der Waals surface area contributed by atoms with Gasteiger partial charge in [0.2, 0.25) is 11.8 Å². The predicted octanol–water partition coefficient (Wildman–Crippen LogP) is 3.02. The molecule has 0 N–H and O–H groups in total. The van der Waals surface area contributed by atoms with Gasteiger partial charge in [0, 0.05) is 43.2 Å². The maximum atomic E-state index is 13.6. The molecule has 2 aromatic rings. The van der Waals surface area contributed by atoms with Crippen LogP contribution >= 0.6 is 0 Å². The van der Waals surface area contributed by atoms with Crippen molar-refractivity contribution in [3.05, 3.63) is 59.7 Å². The van der Waals surface area contributed by atoms with E-state index < -0.39 is 0 Å². The van der Waals surface area contributed by atoms with Crippen molar-refractivity contribution in [3.8, 4) is 11.5 Å². The molecule has 0 aliphatic carbocycles. The van der Waals surface area contributed by atoms with Crippen LogP contribution in [-0.2, 0) is 14.3 Å². The summed E-state index contributed by atoms with van der Waals surface area (Å²) in [6.07, 6.45) is 1.43. The molecule has 3 heterocycles. The van der Waals surface area contributed by atoms with Crippen LogP contribution in [0.1, 0.15) is 29.9 Å². The van der Waals surface area contributed by atoms with Crippen molar-refractivity contribution in [2.45, 2.75) is 18.8 Å². The van der Waals surface area contributed by atoms with Gasteiger partial charge in [-0.15, -0.1) is 0 Å². The van der Waals surface area contributed by atoms with Gasteiger partial charge >= 0.3 is 0 Å². The topological polar surface area (TPSA) is 59.1 Å². The van der Waals surface area contributed by atoms with Gasteiger partial charge in [-0.05, 0) is 25.0 Å². The van der Waals surface area contributed by atoms with Crippen LogP contribution in [0.4, 0.5) is 0 Å². The molecule has 30 heavy (non-hydrogen) atoms. The molecule has 6 heteroatoms. The van der Waals surface area contributed by atoms with Crippen molar-refractivity contribution in [3.63, 3.8) is 0 Å². The molecule has 2 aromatic carbocycles. The second kappa shape index (κ2) is 8.11. The number of hydrogen-bond donors (Lipinski definition) is 0. The molecule has 0 atom stereocenters. The molecule has 0 bridgehead atoms. The maximum absolute atomic E-state index is 13.6. The highest BCUT2D eigenvalue weighted by atomic mass is 16.5. The number of amides is 2. The van der Waals surface area contributed by atoms with E-state index in [1.807, 2.05) is 58.3 Å². The first kappa shape index (κ1) is 19.1. The Labute approximate surface area is 176 Å². The smallest absolute Gasteiger partial charge is 0.234 e. The largest absolute Gasteiger partial charge is 0.457 e. The van der Waals surface area contributed by atoms with Gasteiger partial charge in [0.15, 0.2) is 0 Å². The molecule has 0 spiro atoms. The van der Waals surface area contributed by atoms with E-state index in [4.69, 9.17) is 9.47 Å². The molecule has 3 aliphatic rings. The Hall–Kier alpha value is -2.86. The fourth-order valence-corrected chi connectivity index (χ4v) is 4.75. The lowest BCUT2D eigenvalue weighted by atomic mass is 9.85. The molecular formula is C24H26N2O4. The number of carbonyl (C=O) groups is 2. The van der Waals surface area contributed by atoms with Crippen LogP contribution in [0.25, 0.3) is 0 Å². The zero-order valence-corrected chi connectivity index (χ0v) is 17.0. The zero-order chi connectivity index (χ0) is 20.5. The Morgan fingerprint density at radius 1 is 0.733 bits per heavy atom. The third kappa shape index (κ3) is 3.45. The second-order valence-corrected chi connectivity index (χ2v) is 8.15. The van der Waals surface area contributed by atoms with Crippen LogP contribution in [0, 0.1) is 5.92 Å². The van der Waals surface area contributed by atoms with Crippen molar-refractivity contribution >= 4 is 11.8 Å². The van der Waals surface area contributed by atoms with Gasteiger partial charge in [-0.3, -0.25) is 9.59 Å². The fraction of sp³-hybridized carbons (Fsp3) is 0.417. The minimum atomic E-state index is -0.363. The molecule has 0 unspecified atom stereocenters. The Kier molecular flexibility index (Phi) is 5.17. The summed E-state index contributed by atoms with van der Waals surface area (Å²) < 4.78 is 11.4. The molecule has 0 radical (unpaired) electrons. The van der Waals surface area contributed by atoms with E-state index in [1.165, 1.54) is 0 Å². The first-order valence-electron chi connectivity index (χ1n) is 10.7. The lowest BCUT2D eigenvalue weighted by Gasteiger charge is -2.37. The van der Waals surface area contributed by atoms with Crippen molar-refractivity contribution in [2.75, 3.05) is 39.4 Å². The first-order valence-corrected chi connectivity index (χ1v) is 10.7. The van der Waals surface area contributed by atoms with Crippen molar-refractivity contribution in [1.82, 2.24) is 9.80 Å². The van der Waals surface area contributed by atoms with Crippen LogP contribution < -0.4 is 4.74 Å². The molecule has 156 valence electrons. The average molecular weight is 406 g/mol. The van der Waals surface area contributed by atoms with E-state index in [0.29, 0.717) is 52.2 Å². The predicted molar refractivity (Wildman–Crippen MR) is 112 cm³/mol. The molecule has 5 rings (SSSR count). The van der Waals surface area contributed by atoms with Crippen LogP contribution in [0.3, 0.4) is 0 Å². The number of benzene rings is 2. The van der Waals surface area contributed by atoms with E-state index >= 15 is 0 Å². The Balaban J connectivity index is 1.32. The van der Waals surface area contributed by atoms with Crippen molar-refractivity contribution in [2.24, 2.45) is 5.92 Å². The number of carbonyl (C=O) groups excluding carboxylic acids is 2. The van der Waals surface area contributed by atoms with E-state index in [2.05, 4.69) is 0 Å². The van der Waals surface area contributed by atoms with Gasteiger partial charge in [-0.1, -0.05) is 36.4 Å². The van der Waals surface area contributed by atoms with E-state index in [9.17, 15) is 9.59 Å². The molecule has 2 saturated heterocycles. The molecule has 6 nitrogen and oxygen atoms in total. The third-order valence-corrected chi connectivity index (χ3v) is 6.41. The van der Waals surface area contributed by atoms with Crippen LogP contribution in [-0.4, -0.2) is 61.0 Å². The molecular weight excluding hydrogens is 380 g/mol. The quantitative estimate of drug-likeness (QED) is 0.769. The number of morpholine rings is 1. The monoisotopic (exact) mass is 406 g/mol. The van der Waals surface area contributed by atoms with Gasteiger partial charge < -0.3 is 19.3 Å². The summed E-state index contributed by atoms with van der Waals surface area (Å²) in [5, 5.41) is 0. The second-order valence-electron chi connectivity index (χ2n) is 8.15. The zero-order valence-electron chi connectivity index (χ0n) is 17.0. The van der Waals surface area contributed by atoms with Gasteiger partial charge in [0.25, 0.3) is 0 Å². The Bertz CT molecular complexity index is 900. The number of likely N-dealkylation sites (tertiary alicyclic amines) is 1. The van der Waals surface area contributed by atoms with E-state index in [1.54, 1.807) is 0 Å². The summed E-state index contributed by atoms with van der Waals surface area (Å²) in [7, 11) is 0. The first-order chi connectivity index (χ1) is 14.7. The number of hydrogen-bond acceptors (Lipinski definition) is 4. The number of ether oxygens (including phenoxy) is 2. The molecule has 0 aromatic heterocycles. The van der Waals surface area contributed by atoms with Crippen molar-refractivity contribution < 1.29 is 19.1 Å². The minimum Gasteiger partial charge on any atom is -0.457 e. The normalized spacial score (nSPS) is 19.6. The van der Waals surface area contributed by atoms with Gasteiger partial charge in [0.1, 0.15) is 11.5 Å². The maximum Gasteiger partial charge on any atom is 0.234 e. The summed E-state index contributed by atoms with van der Waals surface area (Å²) in [5.41, 5.74) is 1.82. The van der Waals surface area contributed by atoms with Gasteiger partial charge in [0.05, 0.1) is 19.1 Å². The summed E-state index contributed by atoms with van der Waals surface area (Å²) >= 11 is 0. The number of nitrogens with zero attached hydrogens (tertiary/aromatic N) is 2. The molecule has 2 amide bonds. The number of piperidine rings is 1. The van der Waals surface area contributed by atoms with E-state index in [-0.39, 0.29) is 23.7 Å². The highest BCUT2D eigenvalue weighted by molar-refractivity contribution is 5.90. The standard InChI is InChI=1S/C24H26N2O4/c27-23(26-13-15-29-16-14-26)17-9-11-25(12-10-17)24(28)22-18-5-1-3-7-20(18)30-21-8-4-2-6-19(21)22/h1-8,17,22H,9-16H2. The number of fused-ring (bicyclic) bond motifs is 2. The molecule has 0 saturated carbocycles. The van der Waals surface area contributed by atoms with Crippen LogP contribution in [0.15, 0.2) is 48.5 Å². The SMILES string of the molecule is O=C(C1CCN(C(=O)C2c3ccccc3Oc3ccccc32)CC1)N1CCOCC1. The Morgan fingerprint density at radius 2 is 1.27 bits per heavy atom. The van der Waals surface area contributed by atoms with Gasteiger partial charge in [-0.2, -0.15) is 0 Å². The fourth-order valence-electron chi connectivity index (χ4n) is 4.75. The van der Waals surface area contributed by atoms with Crippen LogP contribution in [0.5, 0.6) is 11.5 Å². The van der Waals surface area contributed by atoms with Gasteiger partial charge in [-0.25, -0.2) is 0 Å². The summed E-state index contributed by atoms with van der Waals surface area (Å²) in [6.45, 7) is 3.81. The summed E-state index contributed by atoms with van der Waals surface area (Å²) in [5.74, 6) is 1.43. The number of rotatable bonds is 2. The molecule has 3 aliphatic heterocycles. The third-order valence-electron chi connectivity index (χ3n) is 6.41.